The summed E-state index contributed by atoms with van der Waals surface area (Å²) in [6.45, 7) is 2.57. The zero-order chi connectivity index (χ0) is 19.8. The number of fused-ring (bicyclic) bond motifs is 1. The van der Waals surface area contributed by atoms with Gasteiger partial charge in [-0.2, -0.15) is 15.3 Å². The van der Waals surface area contributed by atoms with E-state index in [9.17, 15) is 4.79 Å². The molecule has 0 aliphatic carbocycles. The van der Waals surface area contributed by atoms with Gasteiger partial charge in [0.1, 0.15) is 11.6 Å². The second-order valence-electron chi connectivity index (χ2n) is 6.98. The number of nitrogens with zero attached hydrogens (tertiary/aromatic N) is 7. The normalized spacial score (nSPS) is 19.6. The van der Waals surface area contributed by atoms with E-state index in [0.717, 1.165) is 23.4 Å². The van der Waals surface area contributed by atoms with E-state index in [0.29, 0.717) is 18.0 Å². The van der Waals surface area contributed by atoms with Crippen LogP contribution in [0.15, 0.2) is 48.5 Å². The van der Waals surface area contributed by atoms with Gasteiger partial charge in [0.15, 0.2) is 5.00 Å². The molecule has 148 valence electrons. The zero-order valence-corrected chi connectivity index (χ0v) is 16.6. The lowest BCUT2D eigenvalue weighted by Crippen LogP contribution is -2.49. The molecule has 1 saturated heterocycles. The summed E-state index contributed by atoms with van der Waals surface area (Å²) in [4.78, 5) is 21.1. The van der Waals surface area contributed by atoms with Crippen molar-refractivity contribution in [3.05, 3.63) is 54.1 Å². The standard InChI is InChI=1S/C19H19N7O2S/c1-13-2-3-14(28-17-16-4-6-21-25(16)10-9-20-17)12-24(13)18(27)15-5-11-29-19(15)26-22-7-8-23-26/h4-11,13-14H,2-3,12H2,1H3/t13-,14?/m1/s1. The Morgan fingerprint density at radius 1 is 1.14 bits per heavy atom. The summed E-state index contributed by atoms with van der Waals surface area (Å²) in [5.74, 6) is 0.504. The smallest absolute Gasteiger partial charge is 0.257 e. The van der Waals surface area contributed by atoms with Crippen molar-refractivity contribution in [2.24, 2.45) is 0 Å². The first kappa shape index (κ1) is 17.8. The molecule has 2 atom stereocenters. The summed E-state index contributed by atoms with van der Waals surface area (Å²) in [6, 6.07) is 3.82. The van der Waals surface area contributed by atoms with Crippen LogP contribution in [0, 0.1) is 0 Å². The Morgan fingerprint density at radius 2 is 2.00 bits per heavy atom. The van der Waals surface area contributed by atoms with E-state index in [1.165, 1.54) is 16.1 Å². The van der Waals surface area contributed by atoms with Crippen LogP contribution < -0.4 is 4.74 Å². The van der Waals surface area contributed by atoms with Crippen molar-refractivity contribution in [1.29, 1.82) is 0 Å². The third-order valence-electron chi connectivity index (χ3n) is 5.14. The van der Waals surface area contributed by atoms with Gasteiger partial charge in [0.05, 0.1) is 30.7 Å². The number of likely N-dealkylation sites (tertiary alicyclic amines) is 1. The monoisotopic (exact) mass is 409 g/mol. The number of carbonyl (C=O) groups is 1. The van der Waals surface area contributed by atoms with Crippen LogP contribution in [0.1, 0.15) is 30.1 Å². The highest BCUT2D eigenvalue weighted by atomic mass is 32.1. The van der Waals surface area contributed by atoms with Crippen LogP contribution in [0.3, 0.4) is 0 Å². The molecule has 1 aliphatic heterocycles. The van der Waals surface area contributed by atoms with Gasteiger partial charge in [-0.05, 0) is 37.3 Å². The van der Waals surface area contributed by atoms with Gasteiger partial charge in [-0.25, -0.2) is 9.50 Å². The van der Waals surface area contributed by atoms with Crippen molar-refractivity contribution >= 4 is 22.8 Å². The Balaban J connectivity index is 1.37. The lowest BCUT2D eigenvalue weighted by Gasteiger charge is -2.37. The second-order valence-corrected chi connectivity index (χ2v) is 7.87. The molecule has 0 bridgehead atoms. The average molecular weight is 409 g/mol. The van der Waals surface area contributed by atoms with Crippen LogP contribution in [0.5, 0.6) is 5.88 Å². The van der Waals surface area contributed by atoms with Crippen molar-refractivity contribution in [3.8, 4) is 10.9 Å². The highest BCUT2D eigenvalue weighted by Gasteiger charge is 2.33. The predicted octanol–water partition coefficient (Wildman–Crippen LogP) is 2.44. The van der Waals surface area contributed by atoms with Gasteiger partial charge < -0.3 is 9.64 Å². The lowest BCUT2D eigenvalue weighted by molar-refractivity contribution is 0.0376. The number of piperidine rings is 1. The fourth-order valence-corrected chi connectivity index (χ4v) is 4.43. The number of hydrogen-bond donors (Lipinski definition) is 0. The summed E-state index contributed by atoms with van der Waals surface area (Å²) in [6.07, 6.45) is 9.95. The maximum Gasteiger partial charge on any atom is 0.257 e. The molecule has 5 heterocycles. The fourth-order valence-electron chi connectivity index (χ4n) is 3.63. The molecular formula is C19H19N7O2S. The average Bonchev–Trinajstić information content (AvgIpc) is 3.49. The van der Waals surface area contributed by atoms with Crippen LogP contribution in [-0.4, -0.2) is 59.1 Å². The number of hydrogen-bond acceptors (Lipinski definition) is 7. The summed E-state index contributed by atoms with van der Waals surface area (Å²) in [5.41, 5.74) is 1.42. The number of amides is 1. The molecule has 29 heavy (non-hydrogen) atoms. The molecule has 0 radical (unpaired) electrons. The first-order chi connectivity index (χ1) is 14.2. The van der Waals surface area contributed by atoms with Gasteiger partial charge in [0, 0.05) is 18.4 Å². The van der Waals surface area contributed by atoms with Crippen molar-refractivity contribution in [3.63, 3.8) is 0 Å². The highest BCUT2D eigenvalue weighted by molar-refractivity contribution is 7.12. The summed E-state index contributed by atoms with van der Waals surface area (Å²) < 4.78 is 7.91. The Morgan fingerprint density at radius 3 is 2.86 bits per heavy atom. The minimum Gasteiger partial charge on any atom is -0.471 e. The molecular weight excluding hydrogens is 390 g/mol. The molecule has 9 nitrogen and oxygen atoms in total. The van der Waals surface area contributed by atoms with Crippen LogP contribution in [-0.2, 0) is 0 Å². The van der Waals surface area contributed by atoms with Crippen LogP contribution in [0.4, 0.5) is 0 Å². The molecule has 1 amide bonds. The van der Waals surface area contributed by atoms with E-state index in [4.69, 9.17) is 4.74 Å². The molecule has 4 aromatic heterocycles. The molecule has 1 fully saturated rings. The summed E-state index contributed by atoms with van der Waals surface area (Å²) in [5, 5.41) is 15.2. The largest absolute Gasteiger partial charge is 0.471 e. The lowest BCUT2D eigenvalue weighted by atomic mass is 10.0. The van der Waals surface area contributed by atoms with Gasteiger partial charge in [0.25, 0.3) is 5.91 Å². The zero-order valence-electron chi connectivity index (χ0n) is 15.8. The van der Waals surface area contributed by atoms with Crippen LogP contribution >= 0.6 is 11.3 Å². The highest BCUT2D eigenvalue weighted by Crippen LogP contribution is 2.28. The first-order valence-electron chi connectivity index (χ1n) is 9.41. The van der Waals surface area contributed by atoms with Gasteiger partial charge in [0.2, 0.25) is 5.88 Å². The SMILES string of the molecule is C[C@@H]1CCC(Oc2nccn3nccc23)CN1C(=O)c1ccsc1-n1nccn1. The fraction of sp³-hybridized carbons (Fsp3) is 0.316. The van der Waals surface area contributed by atoms with E-state index in [2.05, 4.69) is 27.2 Å². The Labute approximate surface area is 170 Å². The molecule has 0 saturated carbocycles. The Hall–Kier alpha value is -3.27. The molecule has 0 spiro atoms. The van der Waals surface area contributed by atoms with Crippen molar-refractivity contribution in [2.45, 2.75) is 31.9 Å². The summed E-state index contributed by atoms with van der Waals surface area (Å²) >= 11 is 1.45. The third kappa shape index (κ3) is 3.25. The number of aromatic nitrogens is 6. The van der Waals surface area contributed by atoms with Gasteiger partial charge in [-0.15, -0.1) is 16.1 Å². The van der Waals surface area contributed by atoms with E-state index >= 15 is 0 Å². The van der Waals surface area contributed by atoms with Crippen LogP contribution in [0.25, 0.3) is 10.5 Å². The summed E-state index contributed by atoms with van der Waals surface area (Å²) in [7, 11) is 0. The van der Waals surface area contributed by atoms with E-state index < -0.39 is 0 Å². The molecule has 4 aromatic rings. The number of rotatable bonds is 4. The molecule has 0 aromatic carbocycles. The Bertz CT molecular complexity index is 1140. The maximum atomic E-state index is 13.3. The Kier molecular flexibility index (Phi) is 4.47. The predicted molar refractivity (Wildman–Crippen MR) is 106 cm³/mol. The van der Waals surface area contributed by atoms with Gasteiger partial charge in [-0.1, -0.05) is 0 Å². The number of thiophene rings is 1. The van der Waals surface area contributed by atoms with Crippen molar-refractivity contribution in [1.82, 2.24) is 34.5 Å². The maximum absolute atomic E-state index is 13.3. The minimum atomic E-state index is -0.131. The van der Waals surface area contributed by atoms with E-state index in [-0.39, 0.29) is 18.1 Å². The third-order valence-corrected chi connectivity index (χ3v) is 6.02. The molecule has 10 heteroatoms. The quantitative estimate of drug-likeness (QED) is 0.514. The van der Waals surface area contributed by atoms with Crippen molar-refractivity contribution in [2.75, 3.05) is 6.54 Å². The number of carbonyl (C=O) groups excluding carboxylic acids is 1. The second kappa shape index (κ2) is 7.28. The topological polar surface area (TPSA) is 90.4 Å². The van der Waals surface area contributed by atoms with Crippen molar-refractivity contribution < 1.29 is 9.53 Å². The molecule has 1 aliphatic rings. The van der Waals surface area contributed by atoms with E-state index in [1.807, 2.05) is 22.4 Å². The molecule has 1 unspecified atom stereocenters. The minimum absolute atomic E-state index is 0.0325. The first-order valence-corrected chi connectivity index (χ1v) is 10.3. The van der Waals surface area contributed by atoms with E-state index in [1.54, 1.807) is 35.5 Å². The van der Waals surface area contributed by atoms with Crippen LogP contribution in [0.2, 0.25) is 0 Å². The number of ether oxygens (including phenoxy) is 1. The van der Waals surface area contributed by atoms with Gasteiger partial charge >= 0.3 is 0 Å². The van der Waals surface area contributed by atoms with Gasteiger partial charge in [-0.3, -0.25) is 4.79 Å². The molecule has 5 rings (SSSR count). The molecule has 0 N–H and O–H groups in total.